The van der Waals surface area contributed by atoms with E-state index in [4.69, 9.17) is 4.74 Å². The highest BCUT2D eigenvalue weighted by molar-refractivity contribution is 9.10. The molecule has 0 unspecified atom stereocenters. The molecular formula is C13H16BrN3O. The fraction of sp³-hybridized carbons (Fsp3) is 0.308. The molecule has 96 valence electrons. The number of rotatable bonds is 7. The van der Waals surface area contributed by atoms with Gasteiger partial charge in [0, 0.05) is 36.5 Å². The Labute approximate surface area is 115 Å². The van der Waals surface area contributed by atoms with Crippen LogP contribution >= 0.6 is 15.9 Å². The molecule has 0 spiro atoms. The number of ether oxygens (including phenoxy) is 1. The van der Waals surface area contributed by atoms with Gasteiger partial charge in [0.1, 0.15) is 12.4 Å². The molecule has 0 aliphatic carbocycles. The van der Waals surface area contributed by atoms with Gasteiger partial charge in [0.2, 0.25) is 0 Å². The Morgan fingerprint density at radius 2 is 2.28 bits per heavy atom. The van der Waals surface area contributed by atoms with Crippen LogP contribution in [0.15, 0.2) is 47.5 Å². The van der Waals surface area contributed by atoms with Crippen LogP contribution in [0.1, 0.15) is 0 Å². The number of hydrogen-bond acceptors (Lipinski definition) is 3. The van der Waals surface area contributed by atoms with E-state index in [0.717, 1.165) is 29.9 Å². The fourth-order valence-corrected chi connectivity index (χ4v) is 1.93. The number of aromatic nitrogens is 2. The molecule has 0 amide bonds. The van der Waals surface area contributed by atoms with Gasteiger partial charge in [-0.15, -0.1) is 0 Å². The molecular weight excluding hydrogens is 294 g/mol. The van der Waals surface area contributed by atoms with Crippen molar-refractivity contribution in [3.8, 4) is 5.75 Å². The average molecular weight is 310 g/mol. The lowest BCUT2D eigenvalue weighted by atomic mass is 10.3. The van der Waals surface area contributed by atoms with E-state index in [-0.39, 0.29) is 0 Å². The summed E-state index contributed by atoms with van der Waals surface area (Å²) in [7, 11) is 0. The first kappa shape index (κ1) is 13.1. The number of nitrogens with zero attached hydrogens (tertiary/aromatic N) is 2. The zero-order chi connectivity index (χ0) is 12.6. The molecule has 0 bridgehead atoms. The van der Waals surface area contributed by atoms with Gasteiger partial charge in [-0.3, -0.25) is 0 Å². The second-order valence-corrected chi connectivity index (χ2v) is 4.77. The molecule has 4 nitrogen and oxygen atoms in total. The van der Waals surface area contributed by atoms with Crippen molar-refractivity contribution in [2.24, 2.45) is 0 Å². The van der Waals surface area contributed by atoms with E-state index in [0.29, 0.717) is 6.61 Å². The smallest absolute Gasteiger partial charge is 0.120 e. The number of nitrogens with one attached hydrogen (secondary N) is 1. The van der Waals surface area contributed by atoms with Crippen LogP contribution in [0.4, 0.5) is 0 Å². The lowest BCUT2D eigenvalue weighted by molar-refractivity contribution is 0.313. The van der Waals surface area contributed by atoms with Crippen LogP contribution in [-0.4, -0.2) is 29.2 Å². The molecule has 5 heteroatoms. The van der Waals surface area contributed by atoms with Crippen molar-refractivity contribution in [1.29, 1.82) is 0 Å². The Balaban J connectivity index is 1.56. The van der Waals surface area contributed by atoms with E-state index in [1.165, 1.54) is 0 Å². The van der Waals surface area contributed by atoms with Gasteiger partial charge >= 0.3 is 0 Å². The molecule has 1 aromatic carbocycles. The van der Waals surface area contributed by atoms with Gasteiger partial charge in [0.25, 0.3) is 0 Å². The van der Waals surface area contributed by atoms with E-state index in [9.17, 15) is 0 Å². The van der Waals surface area contributed by atoms with Gasteiger partial charge in [0.05, 0.1) is 6.33 Å². The molecule has 0 saturated heterocycles. The van der Waals surface area contributed by atoms with E-state index >= 15 is 0 Å². The third-order valence-corrected chi connectivity index (χ3v) is 2.94. The lowest BCUT2D eigenvalue weighted by Gasteiger charge is -2.08. The van der Waals surface area contributed by atoms with Crippen LogP contribution in [0, 0.1) is 0 Å². The quantitative estimate of drug-likeness (QED) is 0.798. The topological polar surface area (TPSA) is 39.1 Å². The van der Waals surface area contributed by atoms with E-state index < -0.39 is 0 Å². The molecule has 0 radical (unpaired) electrons. The minimum atomic E-state index is 0.667. The van der Waals surface area contributed by atoms with Crippen molar-refractivity contribution in [2.75, 3.05) is 19.7 Å². The van der Waals surface area contributed by atoms with Gasteiger partial charge in [-0.1, -0.05) is 22.0 Å². The van der Waals surface area contributed by atoms with Crippen LogP contribution in [0.2, 0.25) is 0 Å². The summed E-state index contributed by atoms with van der Waals surface area (Å²) in [6, 6.07) is 7.86. The summed E-state index contributed by atoms with van der Waals surface area (Å²) in [6.07, 6.45) is 5.57. The first-order valence-electron chi connectivity index (χ1n) is 5.89. The predicted molar refractivity (Wildman–Crippen MR) is 74.7 cm³/mol. The monoisotopic (exact) mass is 309 g/mol. The van der Waals surface area contributed by atoms with E-state index in [1.807, 2.05) is 41.4 Å². The maximum absolute atomic E-state index is 5.61. The Morgan fingerprint density at radius 3 is 3.06 bits per heavy atom. The Hall–Kier alpha value is -1.33. The standard InChI is InChI=1S/C13H16BrN3O/c14-12-2-1-3-13(10-12)18-9-6-15-4-7-17-8-5-16-11-17/h1-3,5,8,10-11,15H,4,6-7,9H2. The molecule has 0 atom stereocenters. The summed E-state index contributed by atoms with van der Waals surface area (Å²) < 4.78 is 8.69. The summed E-state index contributed by atoms with van der Waals surface area (Å²) >= 11 is 3.41. The molecule has 2 aromatic rings. The van der Waals surface area contributed by atoms with E-state index in [1.54, 1.807) is 6.20 Å². The third-order valence-electron chi connectivity index (χ3n) is 2.45. The molecule has 1 N–H and O–H groups in total. The zero-order valence-corrected chi connectivity index (χ0v) is 11.6. The highest BCUT2D eigenvalue weighted by Gasteiger charge is 1.94. The van der Waals surface area contributed by atoms with Crippen molar-refractivity contribution >= 4 is 15.9 Å². The molecule has 1 aromatic heterocycles. The summed E-state index contributed by atoms with van der Waals surface area (Å²) in [5.41, 5.74) is 0. The summed E-state index contributed by atoms with van der Waals surface area (Å²) in [5, 5.41) is 3.32. The first-order valence-corrected chi connectivity index (χ1v) is 6.69. The molecule has 1 heterocycles. The zero-order valence-electron chi connectivity index (χ0n) is 10.1. The summed E-state index contributed by atoms with van der Waals surface area (Å²) in [6.45, 7) is 3.34. The fourth-order valence-electron chi connectivity index (χ4n) is 1.55. The van der Waals surface area contributed by atoms with Gasteiger partial charge in [-0.25, -0.2) is 4.98 Å². The largest absolute Gasteiger partial charge is 0.492 e. The molecule has 18 heavy (non-hydrogen) atoms. The Morgan fingerprint density at radius 1 is 1.33 bits per heavy atom. The van der Waals surface area contributed by atoms with Crippen molar-refractivity contribution in [3.63, 3.8) is 0 Å². The van der Waals surface area contributed by atoms with Crippen molar-refractivity contribution in [2.45, 2.75) is 6.54 Å². The van der Waals surface area contributed by atoms with Gasteiger partial charge in [-0.2, -0.15) is 0 Å². The second-order valence-electron chi connectivity index (χ2n) is 3.86. The molecule has 0 fully saturated rings. The molecule has 0 aliphatic heterocycles. The van der Waals surface area contributed by atoms with Crippen LogP contribution in [0.3, 0.4) is 0 Å². The number of hydrogen-bond donors (Lipinski definition) is 1. The van der Waals surface area contributed by atoms with Gasteiger partial charge < -0.3 is 14.6 Å². The average Bonchev–Trinajstić information content (AvgIpc) is 2.87. The van der Waals surface area contributed by atoms with Crippen molar-refractivity contribution in [1.82, 2.24) is 14.9 Å². The van der Waals surface area contributed by atoms with Crippen LogP contribution in [0.25, 0.3) is 0 Å². The van der Waals surface area contributed by atoms with Crippen LogP contribution in [-0.2, 0) is 6.54 Å². The van der Waals surface area contributed by atoms with Gasteiger partial charge in [0.15, 0.2) is 0 Å². The third kappa shape index (κ3) is 4.50. The Kier molecular flexibility index (Phi) is 5.23. The molecule has 2 rings (SSSR count). The Bertz CT molecular complexity index is 459. The molecule has 0 saturated carbocycles. The summed E-state index contributed by atoms with van der Waals surface area (Å²) in [4.78, 5) is 3.99. The normalized spacial score (nSPS) is 10.5. The number of benzene rings is 1. The van der Waals surface area contributed by atoms with E-state index in [2.05, 4.69) is 26.2 Å². The summed E-state index contributed by atoms with van der Waals surface area (Å²) in [5.74, 6) is 0.890. The number of imidazole rings is 1. The maximum Gasteiger partial charge on any atom is 0.120 e. The predicted octanol–water partition coefficient (Wildman–Crippen LogP) is 2.31. The van der Waals surface area contributed by atoms with Gasteiger partial charge in [-0.05, 0) is 18.2 Å². The number of halogens is 1. The highest BCUT2D eigenvalue weighted by atomic mass is 79.9. The molecule has 0 aliphatic rings. The van der Waals surface area contributed by atoms with Crippen LogP contribution < -0.4 is 10.1 Å². The minimum Gasteiger partial charge on any atom is -0.492 e. The minimum absolute atomic E-state index is 0.667. The van der Waals surface area contributed by atoms with Crippen LogP contribution in [0.5, 0.6) is 5.75 Å². The van der Waals surface area contributed by atoms with Crippen molar-refractivity contribution in [3.05, 3.63) is 47.5 Å². The second kappa shape index (κ2) is 7.18. The van der Waals surface area contributed by atoms with Crippen molar-refractivity contribution < 1.29 is 4.74 Å². The maximum atomic E-state index is 5.61. The first-order chi connectivity index (χ1) is 8.84. The SMILES string of the molecule is Brc1cccc(OCCNCCn2ccnc2)c1. The highest BCUT2D eigenvalue weighted by Crippen LogP contribution is 2.17. The lowest BCUT2D eigenvalue weighted by Crippen LogP contribution is -2.24.